The second kappa shape index (κ2) is 13.9. The van der Waals surface area contributed by atoms with Gasteiger partial charge in [-0.2, -0.15) is 0 Å². The van der Waals surface area contributed by atoms with Gasteiger partial charge in [0.1, 0.15) is 12.2 Å². The predicted octanol–water partition coefficient (Wildman–Crippen LogP) is 2.31. The van der Waals surface area contributed by atoms with Gasteiger partial charge in [0.25, 0.3) is 0 Å². The van der Waals surface area contributed by atoms with Crippen molar-refractivity contribution < 1.29 is 28.9 Å². The molecular weight excluding hydrogens is 340 g/mol. The van der Waals surface area contributed by atoms with E-state index in [1.54, 1.807) is 0 Å². The minimum absolute atomic E-state index is 0. The van der Waals surface area contributed by atoms with E-state index < -0.39 is 6.09 Å². The van der Waals surface area contributed by atoms with Crippen LogP contribution in [0.25, 0.3) is 0 Å². The standard InChI is InChI=1S/C11H13NO3.C4H7NO3.3CH4/c13-11-12-6-10(15-11)8-14-7-9-4-2-1-3-5-9;6-2-3-1-5-4(7)8-3;;;/h1-5,10H,6-8H2,(H,12,13);3,6H,1-2H2,(H,5,7);3*1H4/t10-;3-;;;/m11.../s1. The summed E-state index contributed by atoms with van der Waals surface area (Å²) in [6.45, 7) is 1.85. The number of hydrogen-bond donors (Lipinski definition) is 3. The van der Waals surface area contributed by atoms with E-state index in [4.69, 9.17) is 14.6 Å². The van der Waals surface area contributed by atoms with Gasteiger partial charge in [0.05, 0.1) is 32.9 Å². The highest BCUT2D eigenvalue weighted by atomic mass is 16.6. The smallest absolute Gasteiger partial charge is 0.407 e. The number of nitrogens with one attached hydrogen (secondary N) is 2. The van der Waals surface area contributed by atoms with Gasteiger partial charge in [-0.05, 0) is 5.56 Å². The van der Waals surface area contributed by atoms with E-state index in [9.17, 15) is 9.59 Å². The molecule has 8 heteroatoms. The third-order valence-electron chi connectivity index (χ3n) is 3.11. The van der Waals surface area contributed by atoms with Crippen molar-refractivity contribution in [2.75, 3.05) is 26.3 Å². The highest BCUT2D eigenvalue weighted by Gasteiger charge is 2.22. The predicted molar refractivity (Wildman–Crippen MR) is 99.9 cm³/mol. The fraction of sp³-hybridized carbons (Fsp3) is 0.556. The maximum absolute atomic E-state index is 10.7. The molecule has 2 fully saturated rings. The topological polar surface area (TPSA) is 106 Å². The lowest BCUT2D eigenvalue weighted by Crippen LogP contribution is -2.20. The second-order valence-corrected chi connectivity index (χ2v) is 5.00. The number of rotatable bonds is 5. The third kappa shape index (κ3) is 9.24. The molecule has 0 spiro atoms. The van der Waals surface area contributed by atoms with E-state index in [0.29, 0.717) is 26.3 Å². The first-order valence-electron chi connectivity index (χ1n) is 7.29. The Bertz CT molecular complexity index is 512. The molecular formula is C18H32N2O6. The summed E-state index contributed by atoms with van der Waals surface area (Å²) >= 11 is 0. The van der Waals surface area contributed by atoms with E-state index in [0.717, 1.165) is 5.56 Å². The first-order chi connectivity index (χ1) is 11.2. The SMILES string of the molecule is C.C.C.O=C1NC[C@H](CO)O1.O=C1NC[C@H](COCc2ccccc2)O1. The Balaban J connectivity index is 0. The second-order valence-electron chi connectivity index (χ2n) is 5.00. The maximum Gasteiger partial charge on any atom is 0.407 e. The zero-order valence-corrected chi connectivity index (χ0v) is 12.6. The van der Waals surface area contributed by atoms with Crippen LogP contribution in [0.3, 0.4) is 0 Å². The molecule has 0 aliphatic carbocycles. The van der Waals surface area contributed by atoms with Gasteiger partial charge in [-0.3, -0.25) is 0 Å². The summed E-state index contributed by atoms with van der Waals surface area (Å²) in [4.78, 5) is 20.9. The lowest BCUT2D eigenvalue weighted by molar-refractivity contribution is 0.0381. The van der Waals surface area contributed by atoms with Crippen LogP contribution < -0.4 is 10.6 Å². The zero-order valence-electron chi connectivity index (χ0n) is 12.6. The lowest BCUT2D eigenvalue weighted by atomic mass is 10.2. The fourth-order valence-electron chi connectivity index (χ4n) is 1.94. The van der Waals surface area contributed by atoms with Gasteiger partial charge < -0.3 is 30.0 Å². The Kier molecular flexibility index (Phi) is 13.9. The Labute approximate surface area is 155 Å². The van der Waals surface area contributed by atoms with Gasteiger partial charge in [-0.1, -0.05) is 52.6 Å². The molecule has 1 aromatic rings. The Hall–Kier alpha value is -2.32. The summed E-state index contributed by atoms with van der Waals surface area (Å²) in [7, 11) is 0. The summed E-state index contributed by atoms with van der Waals surface area (Å²) in [6.07, 6.45) is -1.28. The molecule has 1 aromatic carbocycles. The maximum atomic E-state index is 10.7. The zero-order chi connectivity index (χ0) is 16.5. The number of aliphatic hydroxyl groups is 1. The van der Waals surface area contributed by atoms with Gasteiger partial charge in [-0.15, -0.1) is 0 Å². The lowest BCUT2D eigenvalue weighted by Gasteiger charge is -2.08. The van der Waals surface area contributed by atoms with E-state index >= 15 is 0 Å². The van der Waals surface area contributed by atoms with Crippen LogP contribution in [-0.4, -0.2) is 55.8 Å². The first kappa shape index (κ1) is 25.9. The molecule has 3 rings (SSSR count). The number of benzene rings is 1. The minimum Gasteiger partial charge on any atom is -0.442 e. The highest BCUT2D eigenvalue weighted by Crippen LogP contribution is 2.04. The molecule has 150 valence electrons. The number of hydrogen-bond acceptors (Lipinski definition) is 6. The highest BCUT2D eigenvalue weighted by molar-refractivity contribution is 5.69. The number of amides is 2. The molecule has 2 heterocycles. The van der Waals surface area contributed by atoms with Crippen molar-refractivity contribution in [1.29, 1.82) is 0 Å². The van der Waals surface area contributed by atoms with E-state index in [1.165, 1.54) is 0 Å². The molecule has 2 amide bonds. The molecule has 0 bridgehead atoms. The third-order valence-corrected chi connectivity index (χ3v) is 3.11. The molecule has 8 nitrogen and oxygen atoms in total. The van der Waals surface area contributed by atoms with Crippen molar-refractivity contribution in [1.82, 2.24) is 10.6 Å². The largest absolute Gasteiger partial charge is 0.442 e. The number of carbonyl (C=O) groups is 2. The molecule has 2 aliphatic rings. The van der Waals surface area contributed by atoms with E-state index in [2.05, 4.69) is 15.4 Å². The van der Waals surface area contributed by atoms with Crippen molar-refractivity contribution in [3.05, 3.63) is 35.9 Å². The molecule has 3 N–H and O–H groups in total. The summed E-state index contributed by atoms with van der Waals surface area (Å²) in [5, 5.41) is 13.3. The van der Waals surface area contributed by atoms with Crippen molar-refractivity contribution in [2.45, 2.75) is 41.1 Å². The average molecular weight is 372 g/mol. The molecule has 2 saturated heterocycles. The van der Waals surface area contributed by atoms with Gasteiger partial charge in [0, 0.05) is 0 Å². The molecule has 0 unspecified atom stereocenters. The van der Waals surface area contributed by atoms with E-state index in [1.807, 2.05) is 30.3 Å². The van der Waals surface area contributed by atoms with Gasteiger partial charge in [0.15, 0.2) is 0 Å². The van der Waals surface area contributed by atoms with Gasteiger partial charge >= 0.3 is 12.2 Å². The Morgan fingerprint density at radius 1 is 0.962 bits per heavy atom. The van der Waals surface area contributed by atoms with Gasteiger partial charge in [-0.25, -0.2) is 9.59 Å². The van der Waals surface area contributed by atoms with Crippen LogP contribution in [0.5, 0.6) is 0 Å². The quantitative estimate of drug-likeness (QED) is 0.732. The molecule has 2 aliphatic heterocycles. The number of carbonyl (C=O) groups excluding carboxylic acids is 2. The summed E-state index contributed by atoms with van der Waals surface area (Å²) in [5.74, 6) is 0. The summed E-state index contributed by atoms with van der Waals surface area (Å²) < 4.78 is 14.9. The first-order valence-corrected chi connectivity index (χ1v) is 7.29. The minimum atomic E-state index is -0.441. The van der Waals surface area contributed by atoms with Crippen molar-refractivity contribution >= 4 is 12.2 Å². The van der Waals surface area contributed by atoms with Crippen LogP contribution in [0.4, 0.5) is 9.59 Å². The monoisotopic (exact) mass is 372 g/mol. The summed E-state index contributed by atoms with van der Waals surface area (Å²) in [5.41, 5.74) is 1.12. The Morgan fingerprint density at radius 3 is 1.92 bits per heavy atom. The van der Waals surface area contributed by atoms with Crippen LogP contribution in [0.15, 0.2) is 30.3 Å². The molecule has 26 heavy (non-hydrogen) atoms. The number of ether oxygens (including phenoxy) is 3. The van der Waals surface area contributed by atoms with Crippen molar-refractivity contribution in [3.63, 3.8) is 0 Å². The average Bonchev–Trinajstić information content (AvgIpc) is 3.17. The van der Waals surface area contributed by atoms with Crippen LogP contribution in [-0.2, 0) is 20.8 Å². The van der Waals surface area contributed by atoms with E-state index in [-0.39, 0.29) is 47.2 Å². The Morgan fingerprint density at radius 2 is 1.50 bits per heavy atom. The number of aliphatic hydroxyl groups excluding tert-OH is 1. The van der Waals surface area contributed by atoms with Crippen LogP contribution in [0.1, 0.15) is 27.8 Å². The van der Waals surface area contributed by atoms with Crippen LogP contribution >= 0.6 is 0 Å². The normalized spacial score (nSPS) is 19.7. The van der Waals surface area contributed by atoms with Crippen molar-refractivity contribution in [3.8, 4) is 0 Å². The number of cyclic esters (lactones) is 2. The molecule has 0 aromatic heterocycles. The van der Waals surface area contributed by atoms with Crippen molar-refractivity contribution in [2.24, 2.45) is 0 Å². The molecule has 0 saturated carbocycles. The number of alkyl carbamates (subject to hydrolysis) is 2. The fourth-order valence-corrected chi connectivity index (χ4v) is 1.94. The van der Waals surface area contributed by atoms with Gasteiger partial charge in [0.2, 0.25) is 0 Å². The van der Waals surface area contributed by atoms with Crippen LogP contribution in [0.2, 0.25) is 0 Å². The summed E-state index contributed by atoms with van der Waals surface area (Å²) in [6, 6.07) is 9.90. The molecule has 0 radical (unpaired) electrons. The molecule has 2 atom stereocenters. The van der Waals surface area contributed by atoms with Crippen LogP contribution in [0, 0.1) is 0 Å².